The molecule has 0 aliphatic rings. The number of halogens is 2. The average molecular weight is 466 g/mol. The minimum Gasteiger partial charge on any atom is -0.493 e. The zero-order valence-electron chi connectivity index (χ0n) is 16.7. The van der Waals surface area contributed by atoms with Gasteiger partial charge in [0.05, 0.1) is 40.7 Å². The van der Waals surface area contributed by atoms with Gasteiger partial charge in [0, 0.05) is 30.3 Å². The van der Waals surface area contributed by atoms with Crippen LogP contribution in [0.4, 0.5) is 11.4 Å². The summed E-state index contributed by atoms with van der Waals surface area (Å²) in [6.45, 7) is 0.344. The summed E-state index contributed by atoms with van der Waals surface area (Å²) in [5.74, 6) is 0.0420. The molecule has 0 saturated carbocycles. The molecule has 2 heterocycles. The molecule has 0 aliphatic carbocycles. The Morgan fingerprint density at radius 1 is 1.19 bits per heavy atom. The van der Waals surface area contributed by atoms with E-state index in [-0.39, 0.29) is 12.0 Å². The molecule has 0 unspecified atom stereocenters. The van der Waals surface area contributed by atoms with E-state index < -0.39 is 5.97 Å². The minimum atomic E-state index is -0.816. The maximum absolute atomic E-state index is 12.4. The fourth-order valence-electron chi connectivity index (χ4n) is 3.08. The fourth-order valence-corrected chi connectivity index (χ4v) is 3.54. The molecule has 31 heavy (non-hydrogen) atoms. The van der Waals surface area contributed by atoms with Gasteiger partial charge < -0.3 is 24.9 Å². The van der Waals surface area contributed by atoms with Crippen molar-refractivity contribution in [1.29, 1.82) is 0 Å². The molecule has 0 aliphatic heterocycles. The van der Waals surface area contributed by atoms with E-state index in [1.54, 1.807) is 12.1 Å². The van der Waals surface area contributed by atoms with Crippen LogP contribution in [0.25, 0.3) is 10.9 Å². The van der Waals surface area contributed by atoms with Crippen LogP contribution in [0.2, 0.25) is 10.0 Å². The van der Waals surface area contributed by atoms with Gasteiger partial charge in [0.2, 0.25) is 0 Å². The Bertz CT molecular complexity index is 1130. The number of aliphatic carboxylic acids is 1. The van der Waals surface area contributed by atoms with Crippen LogP contribution in [-0.4, -0.2) is 34.8 Å². The number of benzene rings is 1. The maximum Gasteiger partial charge on any atom is 0.303 e. The van der Waals surface area contributed by atoms with E-state index >= 15 is 0 Å². The highest BCUT2D eigenvalue weighted by Gasteiger charge is 2.16. The number of carboxylic acid groups (broad SMARTS) is 1. The molecule has 0 saturated heterocycles. The lowest BCUT2D eigenvalue weighted by Gasteiger charge is -2.16. The average Bonchev–Trinajstić information content (AvgIpc) is 2.72. The van der Waals surface area contributed by atoms with Crippen LogP contribution in [0.3, 0.4) is 0 Å². The van der Waals surface area contributed by atoms with Crippen LogP contribution >= 0.6 is 23.2 Å². The summed E-state index contributed by atoms with van der Waals surface area (Å²) in [7, 11) is 1.51. The first-order chi connectivity index (χ1) is 14.9. The normalized spacial score (nSPS) is 10.8. The van der Waals surface area contributed by atoms with Crippen molar-refractivity contribution >= 4 is 51.4 Å². The number of H-pyrrole nitrogens is 1. The molecule has 0 amide bonds. The Kier molecular flexibility index (Phi) is 7.59. The maximum atomic E-state index is 12.4. The van der Waals surface area contributed by atoms with E-state index in [2.05, 4.69) is 15.3 Å². The third-order valence-corrected chi connectivity index (χ3v) is 5.12. The molecule has 10 heteroatoms. The molecule has 0 atom stereocenters. The van der Waals surface area contributed by atoms with Gasteiger partial charge in [-0.15, -0.1) is 0 Å². The number of nitrogens with zero attached hydrogens (tertiary/aromatic N) is 1. The van der Waals surface area contributed by atoms with E-state index in [1.807, 2.05) is 0 Å². The largest absolute Gasteiger partial charge is 0.493 e. The first-order valence-corrected chi connectivity index (χ1v) is 10.3. The summed E-state index contributed by atoms with van der Waals surface area (Å²) >= 11 is 12.4. The third-order valence-electron chi connectivity index (χ3n) is 4.55. The summed E-state index contributed by atoms with van der Waals surface area (Å²) in [4.78, 5) is 29.7. The van der Waals surface area contributed by atoms with Gasteiger partial charge in [-0.25, -0.2) is 0 Å². The van der Waals surface area contributed by atoms with Crippen LogP contribution in [0.1, 0.15) is 25.7 Å². The lowest BCUT2D eigenvalue weighted by atomic mass is 10.1. The van der Waals surface area contributed by atoms with Gasteiger partial charge in [0.15, 0.2) is 11.5 Å². The second kappa shape index (κ2) is 10.4. The summed E-state index contributed by atoms with van der Waals surface area (Å²) in [6, 6.07) is 4.92. The van der Waals surface area contributed by atoms with Gasteiger partial charge in [0.25, 0.3) is 5.56 Å². The molecule has 3 N–H and O–H groups in total. The first-order valence-electron chi connectivity index (χ1n) is 9.55. The van der Waals surface area contributed by atoms with Gasteiger partial charge in [-0.3, -0.25) is 14.6 Å². The van der Waals surface area contributed by atoms with Crippen molar-refractivity contribution in [2.75, 3.05) is 19.0 Å². The molecule has 164 valence electrons. The molecule has 8 nitrogen and oxygen atoms in total. The van der Waals surface area contributed by atoms with E-state index in [0.717, 1.165) is 0 Å². The highest BCUT2D eigenvalue weighted by molar-refractivity contribution is 6.39. The first kappa shape index (κ1) is 22.7. The standard InChI is InChI=1S/C21H21Cl2N3O5/c1-30-16-7-6-12-15(25-20-13(22)10-24-11-14(20)23)9-17(27)26-19(12)21(16)31-8-4-2-3-5-18(28)29/h6-7,9-11H,2-5,8H2,1H3,(H,28,29)(H2,24,25,26,27). The van der Waals surface area contributed by atoms with Crippen LogP contribution in [0.15, 0.2) is 35.4 Å². The highest BCUT2D eigenvalue weighted by atomic mass is 35.5. The van der Waals surface area contributed by atoms with Gasteiger partial charge in [-0.1, -0.05) is 23.2 Å². The molecular formula is C21H21Cl2N3O5. The molecular weight excluding hydrogens is 445 g/mol. The van der Waals surface area contributed by atoms with Crippen molar-refractivity contribution in [2.24, 2.45) is 0 Å². The number of carbonyl (C=O) groups is 1. The monoisotopic (exact) mass is 465 g/mol. The number of unbranched alkanes of at least 4 members (excludes halogenated alkanes) is 2. The smallest absolute Gasteiger partial charge is 0.303 e. The van der Waals surface area contributed by atoms with Crippen molar-refractivity contribution in [2.45, 2.75) is 25.7 Å². The van der Waals surface area contributed by atoms with E-state index in [0.29, 0.717) is 69.7 Å². The number of rotatable bonds is 10. The third kappa shape index (κ3) is 5.59. The quantitative estimate of drug-likeness (QED) is 0.360. The second-order valence-electron chi connectivity index (χ2n) is 6.72. The summed E-state index contributed by atoms with van der Waals surface area (Å²) in [5, 5.41) is 13.1. The van der Waals surface area contributed by atoms with Crippen LogP contribution in [-0.2, 0) is 4.79 Å². The second-order valence-corrected chi connectivity index (χ2v) is 7.54. The molecule has 3 rings (SSSR count). The SMILES string of the molecule is COc1ccc2c(Nc3c(Cl)cncc3Cl)cc(=O)[nH]c2c1OCCCCCC(=O)O. The van der Waals surface area contributed by atoms with Crippen molar-refractivity contribution in [3.05, 3.63) is 51.0 Å². The van der Waals surface area contributed by atoms with Crippen molar-refractivity contribution in [3.8, 4) is 11.5 Å². The van der Waals surface area contributed by atoms with E-state index in [4.69, 9.17) is 37.8 Å². The van der Waals surface area contributed by atoms with Crippen LogP contribution < -0.4 is 20.3 Å². The molecule has 3 aromatic rings. The minimum absolute atomic E-state index is 0.125. The van der Waals surface area contributed by atoms with Crippen LogP contribution in [0.5, 0.6) is 11.5 Å². The molecule has 0 spiro atoms. The van der Waals surface area contributed by atoms with Gasteiger partial charge in [-0.2, -0.15) is 0 Å². The molecule has 0 fully saturated rings. The summed E-state index contributed by atoms with van der Waals surface area (Å²) < 4.78 is 11.3. The van der Waals surface area contributed by atoms with Crippen molar-refractivity contribution in [3.63, 3.8) is 0 Å². The van der Waals surface area contributed by atoms with E-state index in [1.165, 1.54) is 25.6 Å². The van der Waals surface area contributed by atoms with E-state index in [9.17, 15) is 9.59 Å². The number of nitrogens with one attached hydrogen (secondary N) is 2. The predicted octanol–water partition coefficient (Wildman–Crippen LogP) is 5.01. The molecule has 1 aromatic carbocycles. The van der Waals surface area contributed by atoms with Crippen molar-refractivity contribution in [1.82, 2.24) is 9.97 Å². The number of hydrogen-bond acceptors (Lipinski definition) is 6. The summed E-state index contributed by atoms with van der Waals surface area (Å²) in [5.41, 5.74) is 1.03. The number of methoxy groups -OCH3 is 1. The Morgan fingerprint density at radius 3 is 2.61 bits per heavy atom. The van der Waals surface area contributed by atoms with Crippen LogP contribution in [0, 0.1) is 0 Å². The number of hydrogen-bond donors (Lipinski definition) is 3. The van der Waals surface area contributed by atoms with Gasteiger partial charge >= 0.3 is 5.97 Å². The number of anilines is 2. The lowest BCUT2D eigenvalue weighted by molar-refractivity contribution is -0.137. The van der Waals surface area contributed by atoms with Crippen molar-refractivity contribution < 1.29 is 19.4 Å². The Labute approximate surface area is 188 Å². The topological polar surface area (TPSA) is 114 Å². The number of aromatic amines is 1. The van der Waals surface area contributed by atoms with Gasteiger partial charge in [0.1, 0.15) is 0 Å². The zero-order chi connectivity index (χ0) is 22.4. The number of aromatic nitrogens is 2. The number of pyridine rings is 2. The Balaban J connectivity index is 1.92. The fraction of sp³-hybridized carbons (Fsp3) is 0.286. The molecule has 0 radical (unpaired) electrons. The number of fused-ring (bicyclic) bond motifs is 1. The summed E-state index contributed by atoms with van der Waals surface area (Å²) in [6.07, 6.45) is 4.98. The highest BCUT2D eigenvalue weighted by Crippen LogP contribution is 2.39. The molecule has 0 bridgehead atoms. The Hall–Kier alpha value is -2.97. The zero-order valence-corrected chi connectivity index (χ0v) is 18.2. The number of ether oxygens (including phenoxy) is 2. The van der Waals surface area contributed by atoms with Gasteiger partial charge in [-0.05, 0) is 31.4 Å². The number of carboxylic acids is 1. The Morgan fingerprint density at radius 2 is 1.94 bits per heavy atom. The molecule has 2 aromatic heterocycles. The lowest BCUT2D eigenvalue weighted by Crippen LogP contribution is -2.09. The predicted molar refractivity (Wildman–Crippen MR) is 120 cm³/mol.